The fraction of sp³-hybridized carbons (Fsp3) is 0.263. The van der Waals surface area contributed by atoms with Gasteiger partial charge in [0.2, 0.25) is 5.91 Å². The summed E-state index contributed by atoms with van der Waals surface area (Å²) >= 11 is 0. The molecule has 25 heavy (non-hydrogen) atoms. The van der Waals surface area contributed by atoms with Crippen molar-refractivity contribution in [1.29, 1.82) is 0 Å². The molecule has 3 aromatic rings. The molecule has 1 aliphatic heterocycles. The maximum atomic E-state index is 12.6. The molecule has 0 radical (unpaired) electrons. The number of imidazole rings is 1. The number of carbonyl (C=O) groups excluding carboxylic acids is 1. The zero-order valence-electron chi connectivity index (χ0n) is 13.7. The third kappa shape index (κ3) is 3.28. The van der Waals surface area contributed by atoms with E-state index in [-0.39, 0.29) is 17.5 Å². The van der Waals surface area contributed by atoms with Gasteiger partial charge in [0.05, 0.1) is 17.6 Å². The summed E-state index contributed by atoms with van der Waals surface area (Å²) in [4.78, 5) is 29.3. The van der Waals surface area contributed by atoms with Crippen molar-refractivity contribution in [3.63, 3.8) is 0 Å². The highest BCUT2D eigenvalue weighted by Gasteiger charge is 2.23. The van der Waals surface area contributed by atoms with Crippen molar-refractivity contribution in [1.82, 2.24) is 15.3 Å². The Bertz CT molecular complexity index is 973. The first kappa shape index (κ1) is 15.5. The number of aromatic nitrogens is 2. The van der Waals surface area contributed by atoms with Crippen molar-refractivity contribution in [2.75, 3.05) is 6.61 Å². The first-order valence-electron chi connectivity index (χ1n) is 8.38. The van der Waals surface area contributed by atoms with Crippen molar-refractivity contribution in [2.24, 2.45) is 5.92 Å². The number of amides is 1. The predicted molar refractivity (Wildman–Crippen MR) is 94.5 cm³/mol. The van der Waals surface area contributed by atoms with Crippen molar-refractivity contribution < 1.29 is 9.53 Å². The van der Waals surface area contributed by atoms with Gasteiger partial charge in [0.15, 0.2) is 0 Å². The monoisotopic (exact) mass is 337 g/mol. The molecule has 0 fully saturated rings. The second-order valence-corrected chi connectivity index (χ2v) is 6.32. The van der Waals surface area contributed by atoms with Gasteiger partial charge in [0.25, 0.3) is 0 Å². The molecule has 0 spiro atoms. The molecule has 3 N–H and O–H groups in total. The average Bonchev–Trinajstić information content (AvgIpc) is 2.85. The van der Waals surface area contributed by atoms with Crippen LogP contribution in [-0.4, -0.2) is 22.5 Å². The van der Waals surface area contributed by atoms with Crippen molar-refractivity contribution in [2.45, 2.75) is 19.4 Å². The van der Waals surface area contributed by atoms with E-state index in [4.69, 9.17) is 4.74 Å². The summed E-state index contributed by atoms with van der Waals surface area (Å²) in [6.07, 6.45) is 1.39. The molecule has 6 nitrogen and oxygen atoms in total. The Morgan fingerprint density at radius 3 is 2.92 bits per heavy atom. The quantitative estimate of drug-likeness (QED) is 0.684. The van der Waals surface area contributed by atoms with E-state index in [1.165, 1.54) is 0 Å². The maximum Gasteiger partial charge on any atom is 0.323 e. The minimum Gasteiger partial charge on any atom is -0.493 e. The van der Waals surface area contributed by atoms with E-state index < -0.39 is 0 Å². The zero-order chi connectivity index (χ0) is 17.2. The van der Waals surface area contributed by atoms with Gasteiger partial charge < -0.3 is 20.0 Å². The number of hydrogen-bond acceptors (Lipinski definition) is 3. The van der Waals surface area contributed by atoms with Crippen LogP contribution in [0.25, 0.3) is 11.0 Å². The Balaban J connectivity index is 1.43. The van der Waals surface area contributed by atoms with Crippen LogP contribution in [0, 0.1) is 5.92 Å². The Morgan fingerprint density at radius 2 is 2.00 bits per heavy atom. The van der Waals surface area contributed by atoms with E-state index in [9.17, 15) is 9.59 Å². The lowest BCUT2D eigenvalue weighted by molar-refractivity contribution is -0.125. The fourth-order valence-corrected chi connectivity index (χ4v) is 3.24. The minimum absolute atomic E-state index is 0.0305. The van der Waals surface area contributed by atoms with Gasteiger partial charge in [0.1, 0.15) is 5.75 Å². The van der Waals surface area contributed by atoms with Gasteiger partial charge in [-0.1, -0.05) is 24.3 Å². The third-order valence-electron chi connectivity index (χ3n) is 4.58. The molecule has 1 atom stereocenters. The Kier molecular flexibility index (Phi) is 4.01. The summed E-state index contributed by atoms with van der Waals surface area (Å²) in [6, 6.07) is 13.5. The molecule has 128 valence electrons. The van der Waals surface area contributed by atoms with Crippen LogP contribution < -0.4 is 15.7 Å². The molecule has 0 saturated heterocycles. The van der Waals surface area contributed by atoms with Crippen LogP contribution >= 0.6 is 0 Å². The number of fused-ring (bicyclic) bond motifs is 2. The standard InChI is InChI=1S/C19H19N3O3/c23-18(14-7-8-25-17-4-2-1-3-13(17)10-14)20-11-12-5-6-15-16(9-12)22-19(24)21-15/h1-6,9,14H,7-8,10-11H2,(H,20,23)(H2,21,22,24)/t14-/m1/s1. The molecule has 4 rings (SSSR count). The Labute approximate surface area is 144 Å². The summed E-state index contributed by atoms with van der Waals surface area (Å²) in [5.74, 6) is 0.807. The minimum atomic E-state index is -0.228. The van der Waals surface area contributed by atoms with Gasteiger partial charge in [-0.15, -0.1) is 0 Å². The molecule has 0 bridgehead atoms. The number of rotatable bonds is 3. The molecular formula is C19H19N3O3. The van der Waals surface area contributed by atoms with E-state index in [0.717, 1.165) is 27.9 Å². The van der Waals surface area contributed by atoms with Gasteiger partial charge in [-0.2, -0.15) is 0 Å². The van der Waals surface area contributed by atoms with Crippen LogP contribution in [0.4, 0.5) is 0 Å². The predicted octanol–water partition coefficient (Wildman–Crippen LogP) is 2.11. The molecule has 1 amide bonds. The maximum absolute atomic E-state index is 12.6. The molecule has 6 heteroatoms. The molecule has 0 saturated carbocycles. The van der Waals surface area contributed by atoms with E-state index in [1.54, 1.807) is 0 Å². The molecule has 1 aliphatic rings. The average molecular weight is 337 g/mol. The Hall–Kier alpha value is -3.02. The zero-order valence-corrected chi connectivity index (χ0v) is 13.7. The lowest BCUT2D eigenvalue weighted by Crippen LogP contribution is -2.31. The van der Waals surface area contributed by atoms with Crippen LogP contribution in [0.5, 0.6) is 5.75 Å². The van der Waals surface area contributed by atoms with Gasteiger partial charge >= 0.3 is 5.69 Å². The molecule has 0 unspecified atom stereocenters. The summed E-state index contributed by atoms with van der Waals surface area (Å²) < 4.78 is 5.72. The van der Waals surface area contributed by atoms with Gasteiger partial charge in [-0.3, -0.25) is 4.79 Å². The molecule has 2 aromatic carbocycles. The SMILES string of the molecule is O=C(NCc1ccc2[nH]c(=O)[nH]c2c1)[C@@H]1CCOc2ccccc2C1. The van der Waals surface area contributed by atoms with Crippen LogP contribution in [-0.2, 0) is 17.8 Å². The number of ether oxygens (including phenoxy) is 1. The second kappa shape index (κ2) is 6.47. The first-order valence-corrected chi connectivity index (χ1v) is 8.38. The summed E-state index contributed by atoms with van der Waals surface area (Å²) in [6.45, 7) is 0.979. The molecule has 0 aliphatic carbocycles. The smallest absolute Gasteiger partial charge is 0.323 e. The number of H-pyrrole nitrogens is 2. The fourth-order valence-electron chi connectivity index (χ4n) is 3.24. The van der Waals surface area contributed by atoms with E-state index >= 15 is 0 Å². The van der Waals surface area contributed by atoms with Crippen molar-refractivity contribution in [3.8, 4) is 5.75 Å². The van der Waals surface area contributed by atoms with E-state index in [2.05, 4.69) is 15.3 Å². The van der Waals surface area contributed by atoms with Crippen LogP contribution in [0.1, 0.15) is 17.5 Å². The largest absolute Gasteiger partial charge is 0.493 e. The molecule has 2 heterocycles. The number of benzene rings is 2. The lowest BCUT2D eigenvalue weighted by atomic mass is 9.96. The normalized spacial score (nSPS) is 16.7. The number of para-hydroxylation sites is 1. The van der Waals surface area contributed by atoms with Gasteiger partial charge in [-0.25, -0.2) is 4.79 Å². The van der Waals surface area contributed by atoms with E-state index in [0.29, 0.717) is 26.0 Å². The number of hydrogen-bond donors (Lipinski definition) is 3. The number of aromatic amines is 2. The second-order valence-electron chi connectivity index (χ2n) is 6.32. The molecular weight excluding hydrogens is 318 g/mol. The van der Waals surface area contributed by atoms with Crippen LogP contribution in [0.3, 0.4) is 0 Å². The Morgan fingerprint density at radius 1 is 1.16 bits per heavy atom. The van der Waals surface area contributed by atoms with E-state index in [1.807, 2.05) is 42.5 Å². The van der Waals surface area contributed by atoms with Crippen LogP contribution in [0.2, 0.25) is 0 Å². The highest BCUT2D eigenvalue weighted by atomic mass is 16.5. The first-order chi connectivity index (χ1) is 12.2. The number of carbonyl (C=O) groups is 1. The highest BCUT2D eigenvalue weighted by molar-refractivity contribution is 5.79. The summed E-state index contributed by atoms with van der Waals surface area (Å²) in [5.41, 5.74) is 3.30. The van der Waals surface area contributed by atoms with Gasteiger partial charge in [-0.05, 0) is 42.2 Å². The summed E-state index contributed by atoms with van der Waals surface area (Å²) in [7, 11) is 0. The third-order valence-corrected chi connectivity index (χ3v) is 4.58. The van der Waals surface area contributed by atoms with Crippen LogP contribution in [0.15, 0.2) is 47.3 Å². The number of nitrogens with one attached hydrogen (secondary N) is 3. The van der Waals surface area contributed by atoms with Crippen molar-refractivity contribution >= 4 is 16.9 Å². The molecule has 1 aromatic heterocycles. The lowest BCUT2D eigenvalue weighted by Gasteiger charge is -2.14. The topological polar surface area (TPSA) is 87.0 Å². The summed E-state index contributed by atoms with van der Waals surface area (Å²) in [5, 5.41) is 3.00. The van der Waals surface area contributed by atoms with Gasteiger partial charge in [0, 0.05) is 12.5 Å². The van der Waals surface area contributed by atoms with Crippen molar-refractivity contribution in [3.05, 3.63) is 64.1 Å². The highest BCUT2D eigenvalue weighted by Crippen LogP contribution is 2.26.